The van der Waals surface area contributed by atoms with Crippen LogP contribution in [0.2, 0.25) is 0 Å². The van der Waals surface area contributed by atoms with E-state index in [0.29, 0.717) is 22.1 Å². The molecule has 1 aromatic heterocycles. The molecule has 0 radical (unpaired) electrons. The Labute approximate surface area is 186 Å². The number of nitrogens with one attached hydrogen (secondary N) is 2. The van der Waals surface area contributed by atoms with E-state index in [1.807, 2.05) is 0 Å². The third kappa shape index (κ3) is 4.00. The minimum Gasteiger partial charge on any atom is -0.495 e. The first-order chi connectivity index (χ1) is 15.0. The highest BCUT2D eigenvalue weighted by Crippen LogP contribution is 2.35. The van der Waals surface area contributed by atoms with E-state index in [1.165, 1.54) is 18.4 Å². The molecule has 2 N–H and O–H groups in total. The van der Waals surface area contributed by atoms with Crippen LogP contribution in [0.4, 0.5) is 16.5 Å². The summed E-state index contributed by atoms with van der Waals surface area (Å²) < 4.78 is 5.25. The highest BCUT2D eigenvalue weighted by molar-refractivity contribution is 7.13. The first kappa shape index (κ1) is 20.6. The molecule has 1 aliphatic rings. The van der Waals surface area contributed by atoms with Gasteiger partial charge >= 0.3 is 0 Å². The second-order valence-corrected chi connectivity index (χ2v) is 7.58. The van der Waals surface area contributed by atoms with E-state index in [9.17, 15) is 14.4 Å². The second kappa shape index (κ2) is 8.58. The van der Waals surface area contributed by atoms with Crippen molar-refractivity contribution in [2.75, 3.05) is 22.6 Å². The van der Waals surface area contributed by atoms with Gasteiger partial charge in [-0.1, -0.05) is 29.8 Å². The molecule has 0 saturated heterocycles. The highest BCUT2D eigenvalue weighted by atomic mass is 35.5. The number of carbonyl (C=O) groups excluding carboxylic acids is 3. The molecule has 2 heterocycles. The van der Waals surface area contributed by atoms with Crippen molar-refractivity contribution < 1.29 is 19.1 Å². The summed E-state index contributed by atoms with van der Waals surface area (Å²) >= 11 is 7.49. The highest BCUT2D eigenvalue weighted by Gasteiger charge is 2.40. The summed E-state index contributed by atoms with van der Waals surface area (Å²) in [5.41, 5.74) is 0.958. The molecule has 0 unspecified atom stereocenters. The van der Waals surface area contributed by atoms with Gasteiger partial charge in [0.25, 0.3) is 17.7 Å². The van der Waals surface area contributed by atoms with Crippen LogP contribution in [-0.2, 0) is 9.59 Å². The molecule has 4 rings (SSSR count). The summed E-state index contributed by atoms with van der Waals surface area (Å²) in [5.74, 6) is -1.30. The van der Waals surface area contributed by atoms with Crippen molar-refractivity contribution in [2.45, 2.75) is 0 Å². The average Bonchev–Trinajstić information content (AvgIpc) is 3.36. The van der Waals surface area contributed by atoms with Crippen LogP contribution in [0, 0.1) is 0 Å². The fourth-order valence-corrected chi connectivity index (χ4v) is 3.72. The van der Waals surface area contributed by atoms with Gasteiger partial charge in [-0.3, -0.25) is 19.7 Å². The average molecular weight is 455 g/mol. The molecule has 0 fully saturated rings. The Hall–Kier alpha value is -3.69. The molecular weight excluding hydrogens is 440 g/mol. The first-order valence-corrected chi connectivity index (χ1v) is 10.2. The van der Waals surface area contributed by atoms with Gasteiger partial charge in [0.15, 0.2) is 5.13 Å². The Morgan fingerprint density at radius 3 is 2.68 bits per heavy atom. The number of anilines is 3. The van der Waals surface area contributed by atoms with Crippen molar-refractivity contribution >= 4 is 57.2 Å². The van der Waals surface area contributed by atoms with Crippen LogP contribution in [0.1, 0.15) is 10.4 Å². The lowest BCUT2D eigenvalue weighted by molar-refractivity contribution is -0.120. The molecule has 0 spiro atoms. The lowest BCUT2D eigenvalue weighted by Crippen LogP contribution is -2.32. The van der Waals surface area contributed by atoms with Gasteiger partial charge in [0.05, 0.1) is 12.8 Å². The third-order valence-corrected chi connectivity index (χ3v) is 5.44. The maximum absolute atomic E-state index is 13.0. The summed E-state index contributed by atoms with van der Waals surface area (Å²) in [7, 11) is 1.44. The summed E-state index contributed by atoms with van der Waals surface area (Å²) in [6.07, 6.45) is 1.59. The van der Waals surface area contributed by atoms with E-state index in [2.05, 4.69) is 15.6 Å². The van der Waals surface area contributed by atoms with E-state index in [-0.39, 0.29) is 22.3 Å². The van der Waals surface area contributed by atoms with Crippen LogP contribution >= 0.6 is 22.9 Å². The molecule has 0 aliphatic carbocycles. The Balaban J connectivity index is 1.57. The number of para-hydroxylation sites is 2. The molecule has 1 aliphatic heterocycles. The minimum atomic E-state index is -0.670. The number of benzene rings is 2. The number of rotatable bonds is 6. The Morgan fingerprint density at radius 2 is 1.94 bits per heavy atom. The predicted molar refractivity (Wildman–Crippen MR) is 118 cm³/mol. The van der Waals surface area contributed by atoms with Crippen LogP contribution in [0.15, 0.2) is 70.8 Å². The van der Waals surface area contributed by atoms with Gasteiger partial charge in [-0.05, 0) is 30.3 Å². The van der Waals surface area contributed by atoms with E-state index < -0.39 is 11.8 Å². The zero-order valence-corrected chi connectivity index (χ0v) is 17.7. The molecule has 0 bridgehead atoms. The summed E-state index contributed by atoms with van der Waals surface area (Å²) in [5, 5.41) is 7.51. The monoisotopic (exact) mass is 454 g/mol. The Kier molecular flexibility index (Phi) is 5.70. The number of hydrogen-bond donors (Lipinski definition) is 2. The van der Waals surface area contributed by atoms with Gasteiger partial charge in [-0.2, -0.15) is 0 Å². The maximum Gasteiger partial charge on any atom is 0.283 e. The quantitative estimate of drug-likeness (QED) is 0.549. The van der Waals surface area contributed by atoms with Crippen molar-refractivity contribution in [3.05, 3.63) is 76.4 Å². The van der Waals surface area contributed by atoms with E-state index in [4.69, 9.17) is 16.3 Å². The number of halogens is 1. The van der Waals surface area contributed by atoms with E-state index >= 15 is 0 Å². The molecule has 3 aromatic rings. The lowest BCUT2D eigenvalue weighted by atomic mass is 10.2. The van der Waals surface area contributed by atoms with Crippen LogP contribution in [0.5, 0.6) is 5.75 Å². The molecule has 8 nitrogen and oxygen atoms in total. The summed E-state index contributed by atoms with van der Waals surface area (Å²) in [4.78, 5) is 43.1. The number of imide groups is 1. The zero-order chi connectivity index (χ0) is 22.0. The summed E-state index contributed by atoms with van der Waals surface area (Å²) in [6, 6.07) is 13.1. The van der Waals surface area contributed by atoms with Gasteiger partial charge in [0, 0.05) is 22.8 Å². The topological polar surface area (TPSA) is 101 Å². The fraction of sp³-hybridized carbons (Fsp3) is 0.0476. The number of amides is 3. The van der Waals surface area contributed by atoms with Crippen molar-refractivity contribution in [1.29, 1.82) is 0 Å². The Bertz CT molecular complexity index is 1210. The van der Waals surface area contributed by atoms with Gasteiger partial charge < -0.3 is 10.1 Å². The van der Waals surface area contributed by atoms with E-state index in [1.54, 1.807) is 60.1 Å². The standard InChI is InChI=1S/C21H15ClN4O4S/c1-30-15-8-3-2-7-14(15)26-19(28)16(22)17(20(26)29)24-13-6-4-5-12(11-13)18(27)25-21-23-9-10-31-21/h2-11,24H,1H3,(H,23,25,27). The smallest absolute Gasteiger partial charge is 0.283 e. The Morgan fingerprint density at radius 1 is 1.13 bits per heavy atom. The van der Waals surface area contributed by atoms with Gasteiger partial charge in [0.2, 0.25) is 0 Å². The third-order valence-electron chi connectivity index (χ3n) is 4.40. The number of aromatic nitrogens is 1. The molecule has 10 heteroatoms. The number of nitrogens with zero attached hydrogens (tertiary/aromatic N) is 2. The van der Waals surface area contributed by atoms with Gasteiger partial charge in [-0.15, -0.1) is 11.3 Å². The van der Waals surface area contributed by atoms with Crippen molar-refractivity contribution in [2.24, 2.45) is 0 Å². The fourth-order valence-electron chi connectivity index (χ4n) is 2.98. The van der Waals surface area contributed by atoms with Crippen molar-refractivity contribution in [3.8, 4) is 5.75 Å². The molecule has 2 aromatic carbocycles. The molecule has 0 atom stereocenters. The molecule has 0 saturated carbocycles. The van der Waals surface area contributed by atoms with Crippen molar-refractivity contribution in [1.82, 2.24) is 4.98 Å². The number of hydrogen-bond acceptors (Lipinski definition) is 7. The second-order valence-electron chi connectivity index (χ2n) is 6.30. The SMILES string of the molecule is COc1ccccc1N1C(=O)C(Cl)=C(Nc2cccc(C(=O)Nc3nccs3)c2)C1=O. The van der Waals surface area contributed by atoms with Gasteiger partial charge in [-0.25, -0.2) is 9.88 Å². The molecule has 31 heavy (non-hydrogen) atoms. The van der Waals surface area contributed by atoms with E-state index in [0.717, 1.165) is 4.90 Å². The largest absolute Gasteiger partial charge is 0.495 e. The van der Waals surface area contributed by atoms with Crippen LogP contribution in [0.3, 0.4) is 0 Å². The number of thiazole rings is 1. The normalized spacial score (nSPS) is 13.5. The zero-order valence-electron chi connectivity index (χ0n) is 16.1. The molecular formula is C21H15ClN4O4S. The summed E-state index contributed by atoms with van der Waals surface area (Å²) in [6.45, 7) is 0. The molecule has 156 valence electrons. The lowest BCUT2D eigenvalue weighted by Gasteiger charge is -2.18. The number of ether oxygens (including phenoxy) is 1. The van der Waals surface area contributed by atoms with Crippen LogP contribution in [-0.4, -0.2) is 29.8 Å². The molecule has 3 amide bonds. The number of carbonyl (C=O) groups is 3. The maximum atomic E-state index is 13.0. The predicted octanol–water partition coefficient (Wildman–Crippen LogP) is 3.84. The van der Waals surface area contributed by atoms with Gasteiger partial charge in [0.1, 0.15) is 16.5 Å². The van der Waals surface area contributed by atoms with Crippen LogP contribution in [0.25, 0.3) is 0 Å². The van der Waals surface area contributed by atoms with Crippen molar-refractivity contribution in [3.63, 3.8) is 0 Å². The van der Waals surface area contributed by atoms with Crippen LogP contribution < -0.4 is 20.3 Å². The number of methoxy groups -OCH3 is 1. The minimum absolute atomic E-state index is 0.0879. The first-order valence-electron chi connectivity index (χ1n) is 8.99.